The summed E-state index contributed by atoms with van der Waals surface area (Å²) in [4.78, 5) is 13.6. The highest BCUT2D eigenvalue weighted by Crippen LogP contribution is 2.28. The molecule has 0 bridgehead atoms. The van der Waals surface area contributed by atoms with Gasteiger partial charge in [0.2, 0.25) is 18.2 Å². The molecule has 6 heteroatoms. The SMILES string of the molecule is CC[C@@H](CN)N1CC(c2nnco2)CC1=O. The maximum atomic E-state index is 11.8. The summed E-state index contributed by atoms with van der Waals surface area (Å²) >= 11 is 0. The number of carbonyl (C=O) groups is 1. The lowest BCUT2D eigenvalue weighted by molar-refractivity contribution is -0.129. The van der Waals surface area contributed by atoms with Crippen molar-refractivity contribution in [3.63, 3.8) is 0 Å². The lowest BCUT2D eigenvalue weighted by atomic mass is 10.1. The fourth-order valence-corrected chi connectivity index (χ4v) is 2.12. The van der Waals surface area contributed by atoms with E-state index in [4.69, 9.17) is 10.2 Å². The molecule has 1 unspecified atom stereocenters. The van der Waals surface area contributed by atoms with Gasteiger partial charge in [0.25, 0.3) is 0 Å². The number of hydrogen-bond donors (Lipinski definition) is 1. The first-order chi connectivity index (χ1) is 7.76. The summed E-state index contributed by atoms with van der Waals surface area (Å²) in [6, 6.07) is 0.125. The summed E-state index contributed by atoms with van der Waals surface area (Å²) in [5.41, 5.74) is 5.64. The maximum absolute atomic E-state index is 11.8. The molecule has 2 N–H and O–H groups in total. The van der Waals surface area contributed by atoms with Crippen molar-refractivity contribution in [2.24, 2.45) is 5.73 Å². The molecule has 1 aliphatic heterocycles. The van der Waals surface area contributed by atoms with Crippen LogP contribution in [0.15, 0.2) is 10.8 Å². The van der Waals surface area contributed by atoms with E-state index in [1.165, 1.54) is 6.39 Å². The number of rotatable bonds is 4. The van der Waals surface area contributed by atoms with Gasteiger partial charge in [0, 0.05) is 25.6 Å². The molecule has 0 aromatic carbocycles. The second-order valence-corrected chi connectivity index (χ2v) is 4.02. The minimum Gasteiger partial charge on any atom is -0.428 e. The molecule has 0 radical (unpaired) electrons. The third-order valence-electron chi connectivity index (χ3n) is 3.07. The van der Waals surface area contributed by atoms with Crippen LogP contribution in [-0.4, -0.2) is 40.1 Å². The molecule has 1 aromatic heterocycles. The van der Waals surface area contributed by atoms with Crippen LogP contribution in [0.4, 0.5) is 0 Å². The van der Waals surface area contributed by atoms with Gasteiger partial charge >= 0.3 is 0 Å². The van der Waals surface area contributed by atoms with Crippen molar-refractivity contribution in [2.75, 3.05) is 13.1 Å². The Balaban J connectivity index is 2.07. The van der Waals surface area contributed by atoms with E-state index < -0.39 is 0 Å². The van der Waals surface area contributed by atoms with E-state index in [0.717, 1.165) is 6.42 Å². The average molecular weight is 224 g/mol. The molecule has 0 saturated carbocycles. The monoisotopic (exact) mass is 224 g/mol. The predicted molar refractivity (Wildman–Crippen MR) is 56.5 cm³/mol. The van der Waals surface area contributed by atoms with Crippen molar-refractivity contribution in [3.8, 4) is 0 Å². The van der Waals surface area contributed by atoms with E-state index in [1.54, 1.807) is 0 Å². The van der Waals surface area contributed by atoms with Crippen LogP contribution >= 0.6 is 0 Å². The van der Waals surface area contributed by atoms with Crippen molar-refractivity contribution in [1.82, 2.24) is 15.1 Å². The third-order valence-corrected chi connectivity index (χ3v) is 3.07. The lowest BCUT2D eigenvalue weighted by Crippen LogP contribution is -2.41. The van der Waals surface area contributed by atoms with Gasteiger partial charge < -0.3 is 15.1 Å². The van der Waals surface area contributed by atoms with Crippen molar-refractivity contribution >= 4 is 5.91 Å². The Hall–Kier alpha value is -1.43. The Bertz CT molecular complexity index is 348. The second kappa shape index (κ2) is 4.61. The fraction of sp³-hybridized carbons (Fsp3) is 0.700. The van der Waals surface area contributed by atoms with Crippen LogP contribution in [0.25, 0.3) is 0 Å². The average Bonchev–Trinajstić information content (AvgIpc) is 2.90. The minimum atomic E-state index is 0.0237. The molecule has 0 spiro atoms. The molecule has 2 atom stereocenters. The normalized spacial score (nSPS) is 22.8. The standard InChI is InChI=1S/C10H16N4O2/c1-2-8(4-11)14-5-7(3-9(14)15)10-13-12-6-16-10/h6-8H,2-5,11H2,1H3/t7?,8-/m0/s1. The van der Waals surface area contributed by atoms with Crippen molar-refractivity contribution in [3.05, 3.63) is 12.3 Å². The van der Waals surface area contributed by atoms with Crippen LogP contribution in [0.3, 0.4) is 0 Å². The summed E-state index contributed by atoms with van der Waals surface area (Å²) in [5.74, 6) is 0.693. The quantitative estimate of drug-likeness (QED) is 0.785. The third kappa shape index (κ3) is 1.92. The van der Waals surface area contributed by atoms with Gasteiger partial charge in [0.15, 0.2) is 0 Å². The summed E-state index contributed by atoms with van der Waals surface area (Å²) in [6.07, 6.45) is 2.61. The molecular formula is C10H16N4O2. The predicted octanol–water partition coefficient (Wildman–Crippen LogP) is 0.123. The Kier molecular flexibility index (Phi) is 3.19. The number of nitrogens with two attached hydrogens (primary N) is 1. The molecule has 1 fully saturated rings. The topological polar surface area (TPSA) is 85.2 Å². The zero-order chi connectivity index (χ0) is 11.5. The summed E-state index contributed by atoms with van der Waals surface area (Å²) in [5, 5.41) is 7.48. The van der Waals surface area contributed by atoms with Gasteiger partial charge in [0.1, 0.15) is 0 Å². The number of hydrogen-bond acceptors (Lipinski definition) is 5. The van der Waals surface area contributed by atoms with E-state index in [9.17, 15) is 4.79 Å². The van der Waals surface area contributed by atoms with Gasteiger partial charge in [-0.15, -0.1) is 10.2 Å². The Morgan fingerprint density at radius 3 is 3.12 bits per heavy atom. The van der Waals surface area contributed by atoms with Gasteiger partial charge in [-0.05, 0) is 6.42 Å². The number of amides is 1. The van der Waals surface area contributed by atoms with Crippen LogP contribution < -0.4 is 5.73 Å². The molecule has 6 nitrogen and oxygen atoms in total. The van der Waals surface area contributed by atoms with Gasteiger partial charge in [-0.25, -0.2) is 0 Å². The van der Waals surface area contributed by atoms with E-state index in [0.29, 0.717) is 25.4 Å². The van der Waals surface area contributed by atoms with Crippen molar-refractivity contribution < 1.29 is 9.21 Å². The molecule has 1 amide bonds. The first-order valence-electron chi connectivity index (χ1n) is 5.51. The smallest absolute Gasteiger partial charge is 0.223 e. The Labute approximate surface area is 93.8 Å². The van der Waals surface area contributed by atoms with Crippen LogP contribution in [-0.2, 0) is 4.79 Å². The van der Waals surface area contributed by atoms with Gasteiger partial charge in [-0.2, -0.15) is 0 Å². The Morgan fingerprint density at radius 1 is 1.75 bits per heavy atom. The molecule has 1 aromatic rings. The number of aromatic nitrogens is 2. The van der Waals surface area contributed by atoms with Crippen molar-refractivity contribution in [1.29, 1.82) is 0 Å². The van der Waals surface area contributed by atoms with E-state index in [-0.39, 0.29) is 17.9 Å². The molecule has 2 rings (SSSR count). The van der Waals surface area contributed by atoms with Crippen LogP contribution in [0.5, 0.6) is 0 Å². The number of carbonyl (C=O) groups excluding carboxylic acids is 1. The highest BCUT2D eigenvalue weighted by atomic mass is 16.4. The summed E-state index contributed by atoms with van der Waals surface area (Å²) in [6.45, 7) is 3.17. The first-order valence-corrected chi connectivity index (χ1v) is 5.51. The van der Waals surface area contributed by atoms with Crippen LogP contribution in [0.1, 0.15) is 31.6 Å². The molecule has 1 saturated heterocycles. The van der Waals surface area contributed by atoms with Crippen LogP contribution in [0.2, 0.25) is 0 Å². The molecule has 2 heterocycles. The maximum Gasteiger partial charge on any atom is 0.223 e. The van der Waals surface area contributed by atoms with E-state index >= 15 is 0 Å². The molecule has 0 aliphatic carbocycles. The van der Waals surface area contributed by atoms with Gasteiger partial charge in [-0.3, -0.25) is 4.79 Å². The van der Waals surface area contributed by atoms with Crippen molar-refractivity contribution in [2.45, 2.75) is 31.7 Å². The van der Waals surface area contributed by atoms with Gasteiger partial charge in [0.05, 0.1) is 5.92 Å². The highest BCUT2D eigenvalue weighted by Gasteiger charge is 2.36. The molecule has 16 heavy (non-hydrogen) atoms. The highest BCUT2D eigenvalue weighted by molar-refractivity contribution is 5.79. The van der Waals surface area contributed by atoms with Crippen LogP contribution in [0, 0.1) is 0 Å². The minimum absolute atomic E-state index is 0.0237. The Morgan fingerprint density at radius 2 is 2.56 bits per heavy atom. The zero-order valence-corrected chi connectivity index (χ0v) is 9.30. The zero-order valence-electron chi connectivity index (χ0n) is 9.30. The fourth-order valence-electron chi connectivity index (χ4n) is 2.12. The number of likely N-dealkylation sites (tertiary alicyclic amines) is 1. The lowest BCUT2D eigenvalue weighted by Gasteiger charge is -2.25. The number of nitrogens with zero attached hydrogens (tertiary/aromatic N) is 3. The molecule has 88 valence electrons. The van der Waals surface area contributed by atoms with E-state index in [2.05, 4.69) is 10.2 Å². The van der Waals surface area contributed by atoms with Gasteiger partial charge in [-0.1, -0.05) is 6.92 Å². The molecular weight excluding hydrogens is 208 g/mol. The second-order valence-electron chi connectivity index (χ2n) is 4.02. The largest absolute Gasteiger partial charge is 0.428 e. The summed E-state index contributed by atoms with van der Waals surface area (Å²) < 4.78 is 5.13. The first kappa shape index (κ1) is 11.1. The van der Waals surface area contributed by atoms with E-state index in [1.807, 2.05) is 11.8 Å². The molecule has 1 aliphatic rings. The summed E-state index contributed by atoms with van der Waals surface area (Å²) in [7, 11) is 0.